The van der Waals surface area contributed by atoms with Gasteiger partial charge in [-0.2, -0.15) is 0 Å². The molecule has 0 atom stereocenters. The van der Waals surface area contributed by atoms with E-state index in [1.807, 2.05) is 0 Å². The zero-order valence-corrected chi connectivity index (χ0v) is 15.9. The van der Waals surface area contributed by atoms with Crippen molar-refractivity contribution in [3.05, 3.63) is 0 Å². The molecule has 0 aliphatic rings. The van der Waals surface area contributed by atoms with E-state index in [9.17, 15) is 19.2 Å². The number of hydrogen-bond donors (Lipinski definition) is 4. The van der Waals surface area contributed by atoms with E-state index < -0.39 is 18.0 Å². The molecule has 0 aliphatic heterocycles. The molecule has 0 spiro atoms. The van der Waals surface area contributed by atoms with Gasteiger partial charge in [-0.3, -0.25) is 20.2 Å². The first-order valence-electron chi connectivity index (χ1n) is 7.68. The van der Waals surface area contributed by atoms with E-state index in [1.165, 1.54) is 28.5 Å². The molecule has 24 heavy (non-hydrogen) atoms. The Morgan fingerprint density at radius 1 is 0.917 bits per heavy atom. The summed E-state index contributed by atoms with van der Waals surface area (Å²) < 4.78 is 0. The molecule has 138 valence electrons. The highest BCUT2D eigenvalue weighted by Gasteiger charge is 2.07. The SMILES string of the molecule is CC(=O)NC(=O)NCCSSCC(=O)NC(=O)NCCCC(C)C. The smallest absolute Gasteiger partial charge is 0.321 e. The molecule has 4 N–H and O–H groups in total. The molecule has 0 aromatic heterocycles. The Hall–Kier alpha value is -1.42. The predicted octanol–water partition coefficient (Wildman–Crippen LogP) is 1.48. The van der Waals surface area contributed by atoms with Crippen molar-refractivity contribution in [1.82, 2.24) is 21.3 Å². The van der Waals surface area contributed by atoms with Crippen molar-refractivity contribution in [3.8, 4) is 0 Å². The van der Waals surface area contributed by atoms with Gasteiger partial charge in [0.2, 0.25) is 11.8 Å². The highest BCUT2D eigenvalue weighted by Crippen LogP contribution is 2.19. The van der Waals surface area contributed by atoms with Crippen molar-refractivity contribution in [3.63, 3.8) is 0 Å². The molecule has 0 aromatic carbocycles. The van der Waals surface area contributed by atoms with Crippen molar-refractivity contribution >= 4 is 45.5 Å². The largest absolute Gasteiger partial charge is 0.338 e. The number of carbonyl (C=O) groups is 4. The molecule has 0 aromatic rings. The van der Waals surface area contributed by atoms with Crippen LogP contribution in [-0.4, -0.2) is 48.5 Å². The minimum absolute atomic E-state index is 0.143. The minimum atomic E-state index is -0.542. The van der Waals surface area contributed by atoms with Gasteiger partial charge in [0.25, 0.3) is 0 Å². The Morgan fingerprint density at radius 2 is 1.54 bits per heavy atom. The van der Waals surface area contributed by atoms with Crippen molar-refractivity contribution < 1.29 is 19.2 Å². The first kappa shape index (κ1) is 22.6. The summed E-state index contributed by atoms with van der Waals surface area (Å²) in [4.78, 5) is 44.7. The number of amides is 6. The van der Waals surface area contributed by atoms with Gasteiger partial charge >= 0.3 is 12.1 Å². The highest BCUT2D eigenvalue weighted by molar-refractivity contribution is 8.76. The minimum Gasteiger partial charge on any atom is -0.338 e. The third-order valence-corrected chi connectivity index (χ3v) is 4.80. The van der Waals surface area contributed by atoms with Gasteiger partial charge in [-0.25, -0.2) is 9.59 Å². The summed E-state index contributed by atoms with van der Waals surface area (Å²) >= 11 is 0. The average Bonchev–Trinajstić information content (AvgIpc) is 2.46. The van der Waals surface area contributed by atoms with Crippen LogP contribution in [-0.2, 0) is 9.59 Å². The Labute approximate surface area is 150 Å². The summed E-state index contributed by atoms with van der Waals surface area (Å²) in [5, 5.41) is 9.49. The van der Waals surface area contributed by atoms with Crippen LogP contribution < -0.4 is 21.3 Å². The van der Waals surface area contributed by atoms with Crippen molar-refractivity contribution in [2.24, 2.45) is 5.92 Å². The van der Waals surface area contributed by atoms with E-state index in [1.54, 1.807) is 0 Å². The third kappa shape index (κ3) is 15.5. The molecule has 0 heterocycles. The molecule has 0 radical (unpaired) electrons. The maximum Gasteiger partial charge on any atom is 0.321 e. The van der Waals surface area contributed by atoms with Gasteiger partial charge in [-0.1, -0.05) is 35.4 Å². The first-order valence-corrected chi connectivity index (χ1v) is 10.2. The van der Waals surface area contributed by atoms with E-state index in [0.717, 1.165) is 12.8 Å². The Balaban J connectivity index is 3.53. The molecule has 0 bridgehead atoms. The van der Waals surface area contributed by atoms with Gasteiger partial charge in [-0.15, -0.1) is 0 Å². The lowest BCUT2D eigenvalue weighted by molar-refractivity contribution is -0.118. The van der Waals surface area contributed by atoms with Crippen LogP contribution in [0.5, 0.6) is 0 Å². The van der Waals surface area contributed by atoms with Gasteiger partial charge in [0, 0.05) is 25.8 Å². The average molecular weight is 379 g/mol. The number of hydrogen-bond acceptors (Lipinski definition) is 6. The van der Waals surface area contributed by atoms with Crippen LogP contribution in [0.15, 0.2) is 0 Å². The Kier molecular flexibility index (Phi) is 13.1. The molecule has 0 aliphatic carbocycles. The zero-order valence-electron chi connectivity index (χ0n) is 14.3. The van der Waals surface area contributed by atoms with Crippen LogP contribution in [0.25, 0.3) is 0 Å². The van der Waals surface area contributed by atoms with E-state index in [0.29, 0.717) is 24.8 Å². The van der Waals surface area contributed by atoms with E-state index in [-0.39, 0.29) is 11.7 Å². The van der Waals surface area contributed by atoms with Gasteiger partial charge in [0.05, 0.1) is 5.75 Å². The van der Waals surface area contributed by atoms with E-state index in [2.05, 4.69) is 35.1 Å². The van der Waals surface area contributed by atoms with E-state index in [4.69, 9.17) is 0 Å². The topological polar surface area (TPSA) is 116 Å². The van der Waals surface area contributed by atoms with Gasteiger partial charge in [0.15, 0.2) is 0 Å². The van der Waals surface area contributed by atoms with Crippen LogP contribution in [0, 0.1) is 5.92 Å². The molecule has 0 fully saturated rings. The molecule has 8 nitrogen and oxygen atoms in total. The quantitative estimate of drug-likeness (QED) is 0.338. The summed E-state index contributed by atoms with van der Waals surface area (Å²) in [5.41, 5.74) is 0. The lowest BCUT2D eigenvalue weighted by atomic mass is 10.1. The molecule has 0 saturated heterocycles. The first-order chi connectivity index (χ1) is 11.3. The number of rotatable bonds is 10. The summed E-state index contributed by atoms with van der Waals surface area (Å²) in [5.74, 6) is 0.520. The second-order valence-electron chi connectivity index (χ2n) is 5.36. The maximum absolute atomic E-state index is 11.5. The summed E-state index contributed by atoms with van der Waals surface area (Å²) in [6.07, 6.45) is 1.91. The second kappa shape index (κ2) is 14.0. The Bertz CT molecular complexity index is 433. The number of nitrogens with one attached hydrogen (secondary N) is 4. The van der Waals surface area contributed by atoms with Crippen molar-refractivity contribution in [2.45, 2.75) is 33.6 Å². The maximum atomic E-state index is 11.5. The van der Waals surface area contributed by atoms with Crippen molar-refractivity contribution in [1.29, 1.82) is 0 Å². The van der Waals surface area contributed by atoms with E-state index >= 15 is 0 Å². The second-order valence-corrected chi connectivity index (χ2v) is 7.94. The lowest BCUT2D eigenvalue weighted by Gasteiger charge is -2.08. The molecule has 6 amide bonds. The van der Waals surface area contributed by atoms with Crippen LogP contribution in [0.4, 0.5) is 9.59 Å². The molecule has 0 rings (SSSR count). The van der Waals surface area contributed by atoms with Gasteiger partial charge in [0.1, 0.15) is 0 Å². The van der Waals surface area contributed by atoms with Crippen LogP contribution >= 0.6 is 21.6 Å². The fourth-order valence-electron chi connectivity index (χ4n) is 1.48. The van der Waals surface area contributed by atoms with Crippen LogP contribution in [0.1, 0.15) is 33.6 Å². The van der Waals surface area contributed by atoms with Crippen LogP contribution in [0.3, 0.4) is 0 Å². The van der Waals surface area contributed by atoms with Gasteiger partial charge in [-0.05, 0) is 18.8 Å². The zero-order chi connectivity index (χ0) is 18.4. The summed E-state index contributed by atoms with van der Waals surface area (Å²) in [6, 6.07) is -1.02. The van der Waals surface area contributed by atoms with Gasteiger partial charge < -0.3 is 10.6 Å². The third-order valence-electron chi connectivity index (χ3n) is 2.53. The molecule has 0 unspecified atom stereocenters. The fraction of sp³-hybridized carbons (Fsp3) is 0.714. The lowest BCUT2D eigenvalue weighted by Crippen LogP contribution is -2.40. The molecule has 0 saturated carbocycles. The number of imide groups is 2. The molecular weight excluding hydrogens is 352 g/mol. The van der Waals surface area contributed by atoms with Crippen LogP contribution in [0.2, 0.25) is 0 Å². The summed E-state index contributed by atoms with van der Waals surface area (Å²) in [6.45, 7) is 6.40. The monoisotopic (exact) mass is 378 g/mol. The normalized spacial score (nSPS) is 10.2. The summed E-state index contributed by atoms with van der Waals surface area (Å²) in [7, 11) is 2.68. The molecular formula is C14H26N4O4S2. The number of urea groups is 2. The molecule has 10 heteroatoms. The fourth-order valence-corrected chi connectivity index (χ4v) is 3.22. The Morgan fingerprint density at radius 3 is 2.17 bits per heavy atom. The predicted molar refractivity (Wildman–Crippen MR) is 97.7 cm³/mol. The highest BCUT2D eigenvalue weighted by atomic mass is 33.1. The number of carbonyl (C=O) groups excluding carboxylic acids is 4. The van der Waals surface area contributed by atoms with Crippen molar-refractivity contribution in [2.75, 3.05) is 24.6 Å². The standard InChI is InChI=1S/C14H26N4O4S2/c1-10(2)5-4-6-15-14(22)18-12(20)9-24-23-8-7-16-13(21)17-11(3)19/h10H,4-9H2,1-3H3,(H2,15,18,20,22)(H2,16,17,19,21).